The standard InChI is InChI=1S/C15H18N2O2/c1-15(2,7-9-18)17-14(19)12-5-6-13-11(10-12)4-3-8-16-13/h3-6,8,10,18H,7,9H2,1-2H3,(H,17,19). The molecule has 0 saturated carbocycles. The van der Waals surface area contributed by atoms with Crippen LogP contribution in [0.15, 0.2) is 36.5 Å². The van der Waals surface area contributed by atoms with Crippen LogP contribution in [0.5, 0.6) is 0 Å². The first-order valence-electron chi connectivity index (χ1n) is 6.30. The van der Waals surface area contributed by atoms with Gasteiger partial charge in [-0.05, 0) is 44.5 Å². The first-order valence-corrected chi connectivity index (χ1v) is 6.30. The lowest BCUT2D eigenvalue weighted by Crippen LogP contribution is -2.44. The number of fused-ring (bicyclic) bond motifs is 1. The minimum atomic E-state index is -0.421. The lowest BCUT2D eigenvalue weighted by atomic mass is 10.0. The van der Waals surface area contributed by atoms with E-state index in [4.69, 9.17) is 5.11 Å². The van der Waals surface area contributed by atoms with Crippen molar-refractivity contribution in [3.63, 3.8) is 0 Å². The number of rotatable bonds is 4. The van der Waals surface area contributed by atoms with Crippen molar-refractivity contribution in [2.45, 2.75) is 25.8 Å². The molecule has 2 rings (SSSR count). The first-order chi connectivity index (χ1) is 9.02. The van der Waals surface area contributed by atoms with Crippen LogP contribution in [0.1, 0.15) is 30.6 Å². The van der Waals surface area contributed by atoms with Gasteiger partial charge in [-0.2, -0.15) is 0 Å². The maximum absolute atomic E-state index is 12.2. The minimum Gasteiger partial charge on any atom is -0.396 e. The van der Waals surface area contributed by atoms with Gasteiger partial charge in [0.1, 0.15) is 0 Å². The fourth-order valence-electron chi connectivity index (χ4n) is 1.94. The van der Waals surface area contributed by atoms with Crippen LogP contribution in [0.4, 0.5) is 0 Å². The summed E-state index contributed by atoms with van der Waals surface area (Å²) in [5.74, 6) is -0.135. The summed E-state index contributed by atoms with van der Waals surface area (Å²) in [7, 11) is 0. The van der Waals surface area contributed by atoms with Gasteiger partial charge in [-0.3, -0.25) is 9.78 Å². The Bertz CT molecular complexity index is 593. The predicted octanol–water partition coefficient (Wildman–Crippen LogP) is 2.13. The molecular formula is C15H18N2O2. The Morgan fingerprint density at radius 1 is 1.37 bits per heavy atom. The smallest absolute Gasteiger partial charge is 0.251 e. The van der Waals surface area contributed by atoms with Gasteiger partial charge in [0.25, 0.3) is 5.91 Å². The number of amides is 1. The van der Waals surface area contributed by atoms with Gasteiger partial charge >= 0.3 is 0 Å². The molecule has 0 aliphatic carbocycles. The molecule has 0 radical (unpaired) electrons. The van der Waals surface area contributed by atoms with E-state index in [0.29, 0.717) is 12.0 Å². The molecule has 2 aromatic rings. The molecule has 1 amide bonds. The van der Waals surface area contributed by atoms with Crippen LogP contribution in [-0.4, -0.2) is 28.1 Å². The maximum atomic E-state index is 12.2. The van der Waals surface area contributed by atoms with Crippen LogP contribution in [0.3, 0.4) is 0 Å². The molecule has 0 aliphatic rings. The third kappa shape index (κ3) is 3.29. The van der Waals surface area contributed by atoms with E-state index >= 15 is 0 Å². The number of carbonyl (C=O) groups is 1. The molecular weight excluding hydrogens is 240 g/mol. The highest BCUT2D eigenvalue weighted by atomic mass is 16.3. The number of hydrogen-bond donors (Lipinski definition) is 2. The Labute approximate surface area is 112 Å². The van der Waals surface area contributed by atoms with Gasteiger partial charge in [0, 0.05) is 29.3 Å². The summed E-state index contributed by atoms with van der Waals surface area (Å²) in [5, 5.41) is 12.8. The quantitative estimate of drug-likeness (QED) is 0.883. The monoisotopic (exact) mass is 258 g/mol. The van der Waals surface area contributed by atoms with E-state index in [-0.39, 0.29) is 12.5 Å². The molecule has 4 nitrogen and oxygen atoms in total. The van der Waals surface area contributed by atoms with Crippen LogP contribution in [0, 0.1) is 0 Å². The molecule has 0 atom stereocenters. The Morgan fingerprint density at radius 2 is 2.16 bits per heavy atom. The van der Waals surface area contributed by atoms with Crippen molar-refractivity contribution in [3.8, 4) is 0 Å². The average molecular weight is 258 g/mol. The average Bonchev–Trinajstić information content (AvgIpc) is 2.37. The molecule has 1 aromatic heterocycles. The fraction of sp³-hybridized carbons (Fsp3) is 0.333. The van der Waals surface area contributed by atoms with E-state index in [9.17, 15) is 4.79 Å². The van der Waals surface area contributed by atoms with Crippen molar-refractivity contribution in [2.75, 3.05) is 6.61 Å². The van der Waals surface area contributed by atoms with Crippen LogP contribution < -0.4 is 5.32 Å². The summed E-state index contributed by atoms with van der Waals surface area (Å²) in [4.78, 5) is 16.4. The lowest BCUT2D eigenvalue weighted by Gasteiger charge is -2.25. The van der Waals surface area contributed by atoms with E-state index in [1.807, 2.05) is 38.1 Å². The second kappa shape index (κ2) is 5.36. The van der Waals surface area contributed by atoms with Gasteiger partial charge in [0.05, 0.1) is 5.52 Å². The topological polar surface area (TPSA) is 62.2 Å². The Hall–Kier alpha value is -1.94. The summed E-state index contributed by atoms with van der Waals surface area (Å²) in [6, 6.07) is 9.20. The predicted molar refractivity (Wildman–Crippen MR) is 75.0 cm³/mol. The number of carbonyl (C=O) groups excluding carboxylic acids is 1. The van der Waals surface area contributed by atoms with Gasteiger partial charge in [0.2, 0.25) is 0 Å². The second-order valence-electron chi connectivity index (χ2n) is 5.22. The summed E-state index contributed by atoms with van der Waals surface area (Å²) < 4.78 is 0. The van der Waals surface area contributed by atoms with Crippen LogP contribution in [-0.2, 0) is 0 Å². The van der Waals surface area contributed by atoms with Gasteiger partial charge in [-0.25, -0.2) is 0 Å². The van der Waals surface area contributed by atoms with E-state index in [1.165, 1.54) is 0 Å². The molecule has 1 heterocycles. The SMILES string of the molecule is CC(C)(CCO)NC(=O)c1ccc2ncccc2c1. The summed E-state index contributed by atoms with van der Waals surface area (Å²) >= 11 is 0. The zero-order valence-electron chi connectivity index (χ0n) is 11.2. The van der Waals surface area contributed by atoms with Crippen molar-refractivity contribution in [3.05, 3.63) is 42.1 Å². The summed E-state index contributed by atoms with van der Waals surface area (Å²) in [5.41, 5.74) is 1.05. The first kappa shape index (κ1) is 13.5. The van der Waals surface area contributed by atoms with Crippen LogP contribution in [0.2, 0.25) is 0 Å². The zero-order chi connectivity index (χ0) is 13.9. The number of benzene rings is 1. The zero-order valence-corrected chi connectivity index (χ0v) is 11.2. The summed E-state index contributed by atoms with van der Waals surface area (Å²) in [6.07, 6.45) is 2.25. The molecule has 0 fully saturated rings. The molecule has 0 saturated heterocycles. The number of nitrogens with zero attached hydrogens (tertiary/aromatic N) is 1. The van der Waals surface area contributed by atoms with E-state index in [0.717, 1.165) is 10.9 Å². The van der Waals surface area contributed by atoms with Gasteiger partial charge in [-0.15, -0.1) is 0 Å². The van der Waals surface area contributed by atoms with Crippen molar-refractivity contribution < 1.29 is 9.90 Å². The van der Waals surface area contributed by atoms with Gasteiger partial charge in [-0.1, -0.05) is 6.07 Å². The molecule has 19 heavy (non-hydrogen) atoms. The third-order valence-electron chi connectivity index (χ3n) is 3.05. The lowest BCUT2D eigenvalue weighted by molar-refractivity contribution is 0.0899. The van der Waals surface area contributed by atoms with Gasteiger partial charge in [0.15, 0.2) is 0 Å². The largest absolute Gasteiger partial charge is 0.396 e. The molecule has 0 unspecified atom stereocenters. The minimum absolute atomic E-state index is 0.0505. The number of hydrogen-bond acceptors (Lipinski definition) is 3. The Kier molecular flexibility index (Phi) is 3.81. The van der Waals surface area contributed by atoms with Crippen molar-refractivity contribution in [2.24, 2.45) is 0 Å². The molecule has 2 N–H and O–H groups in total. The van der Waals surface area contributed by atoms with Gasteiger partial charge < -0.3 is 10.4 Å². The maximum Gasteiger partial charge on any atom is 0.251 e. The highest BCUT2D eigenvalue weighted by Gasteiger charge is 2.20. The highest BCUT2D eigenvalue weighted by molar-refractivity contribution is 5.98. The number of nitrogens with one attached hydrogen (secondary N) is 1. The Morgan fingerprint density at radius 3 is 2.89 bits per heavy atom. The molecule has 0 spiro atoms. The van der Waals surface area contributed by atoms with Crippen LogP contribution >= 0.6 is 0 Å². The number of aliphatic hydroxyl groups is 1. The van der Waals surface area contributed by atoms with Crippen molar-refractivity contribution >= 4 is 16.8 Å². The van der Waals surface area contributed by atoms with E-state index in [1.54, 1.807) is 12.3 Å². The van der Waals surface area contributed by atoms with Crippen molar-refractivity contribution in [1.29, 1.82) is 0 Å². The number of pyridine rings is 1. The molecule has 100 valence electrons. The molecule has 4 heteroatoms. The second-order valence-corrected chi connectivity index (χ2v) is 5.22. The molecule has 1 aromatic carbocycles. The van der Waals surface area contributed by atoms with E-state index < -0.39 is 5.54 Å². The summed E-state index contributed by atoms with van der Waals surface area (Å²) in [6.45, 7) is 3.84. The third-order valence-corrected chi connectivity index (χ3v) is 3.05. The normalized spacial score (nSPS) is 11.5. The number of aliphatic hydroxyl groups excluding tert-OH is 1. The van der Waals surface area contributed by atoms with Crippen LogP contribution in [0.25, 0.3) is 10.9 Å². The Balaban J connectivity index is 2.22. The van der Waals surface area contributed by atoms with E-state index in [2.05, 4.69) is 10.3 Å². The fourth-order valence-corrected chi connectivity index (χ4v) is 1.94. The van der Waals surface area contributed by atoms with Crippen molar-refractivity contribution in [1.82, 2.24) is 10.3 Å². The molecule has 0 bridgehead atoms. The molecule has 0 aliphatic heterocycles. The number of aromatic nitrogens is 1. The highest BCUT2D eigenvalue weighted by Crippen LogP contribution is 2.15.